The van der Waals surface area contributed by atoms with Crippen LogP contribution in [0.4, 0.5) is 11.5 Å². The van der Waals surface area contributed by atoms with Crippen molar-refractivity contribution in [2.24, 2.45) is 0 Å². The number of nitrogens with one attached hydrogen (secondary N) is 1. The number of ether oxygens (including phenoxy) is 1. The number of methoxy groups -OCH3 is 1. The number of carbonyl (C=O) groups is 1. The van der Waals surface area contributed by atoms with Crippen molar-refractivity contribution in [3.63, 3.8) is 0 Å². The summed E-state index contributed by atoms with van der Waals surface area (Å²) in [7, 11) is 1.33. The molecule has 0 saturated carbocycles. The molecule has 0 fully saturated rings. The van der Waals surface area contributed by atoms with Crippen LogP contribution in [0.1, 0.15) is 27.7 Å². The highest BCUT2D eigenvalue weighted by molar-refractivity contribution is 7.10. The SMILES string of the molecule is CCc1ccsc1CNc1nccc(C(=O)OC)c1N. The summed E-state index contributed by atoms with van der Waals surface area (Å²) in [5.74, 6) is 0.0432. The third-order valence-corrected chi connectivity index (χ3v) is 3.99. The monoisotopic (exact) mass is 291 g/mol. The van der Waals surface area contributed by atoms with Crippen LogP contribution in [-0.2, 0) is 17.7 Å². The normalized spacial score (nSPS) is 10.3. The minimum Gasteiger partial charge on any atom is -0.465 e. The summed E-state index contributed by atoms with van der Waals surface area (Å²) in [5, 5.41) is 5.24. The average Bonchev–Trinajstić information content (AvgIpc) is 2.93. The Morgan fingerprint density at radius 3 is 3.00 bits per heavy atom. The molecule has 2 rings (SSSR count). The zero-order chi connectivity index (χ0) is 14.5. The molecule has 3 N–H and O–H groups in total. The number of hydrogen-bond donors (Lipinski definition) is 2. The van der Waals surface area contributed by atoms with Gasteiger partial charge in [-0.1, -0.05) is 6.92 Å². The number of aromatic nitrogens is 1. The van der Waals surface area contributed by atoms with Gasteiger partial charge >= 0.3 is 5.97 Å². The highest BCUT2D eigenvalue weighted by Gasteiger charge is 2.14. The molecular weight excluding hydrogens is 274 g/mol. The standard InChI is InChI=1S/C14H17N3O2S/c1-3-9-5-7-20-11(9)8-17-13-12(15)10(4-6-16-13)14(18)19-2/h4-7H,3,8,15H2,1-2H3,(H,16,17). The lowest BCUT2D eigenvalue weighted by Gasteiger charge is -2.10. The van der Waals surface area contributed by atoms with Gasteiger partial charge in [0.25, 0.3) is 0 Å². The van der Waals surface area contributed by atoms with E-state index in [0.29, 0.717) is 23.6 Å². The number of nitrogens with two attached hydrogens (primary N) is 1. The summed E-state index contributed by atoms with van der Waals surface area (Å²) in [5.41, 5.74) is 7.90. The Hall–Kier alpha value is -2.08. The van der Waals surface area contributed by atoms with Crippen molar-refractivity contribution < 1.29 is 9.53 Å². The molecule has 0 aliphatic heterocycles. The molecule has 0 spiro atoms. The number of pyridine rings is 1. The van der Waals surface area contributed by atoms with E-state index in [0.717, 1.165) is 6.42 Å². The molecule has 0 aromatic carbocycles. The molecule has 0 atom stereocenters. The quantitative estimate of drug-likeness (QED) is 0.828. The Labute approximate surface area is 121 Å². The highest BCUT2D eigenvalue weighted by atomic mass is 32.1. The molecule has 6 heteroatoms. The first-order chi connectivity index (χ1) is 9.67. The maximum atomic E-state index is 11.6. The van der Waals surface area contributed by atoms with Crippen molar-refractivity contribution in [2.45, 2.75) is 19.9 Å². The fourth-order valence-electron chi connectivity index (χ4n) is 1.90. The fourth-order valence-corrected chi connectivity index (χ4v) is 2.82. The van der Waals surface area contributed by atoms with E-state index >= 15 is 0 Å². The number of hydrogen-bond acceptors (Lipinski definition) is 6. The molecule has 106 valence electrons. The molecule has 0 aliphatic carbocycles. The lowest BCUT2D eigenvalue weighted by atomic mass is 10.2. The molecule has 2 heterocycles. The van der Waals surface area contributed by atoms with Gasteiger partial charge in [-0.25, -0.2) is 9.78 Å². The summed E-state index contributed by atoms with van der Waals surface area (Å²) in [6.07, 6.45) is 2.53. The van der Waals surface area contributed by atoms with E-state index in [4.69, 9.17) is 5.73 Å². The first kappa shape index (κ1) is 14.3. The summed E-state index contributed by atoms with van der Waals surface area (Å²) in [4.78, 5) is 17.0. The summed E-state index contributed by atoms with van der Waals surface area (Å²) < 4.78 is 4.69. The zero-order valence-electron chi connectivity index (χ0n) is 11.5. The molecule has 0 amide bonds. The number of carbonyl (C=O) groups excluding carboxylic acids is 1. The third kappa shape index (κ3) is 2.91. The van der Waals surface area contributed by atoms with E-state index in [1.807, 2.05) is 0 Å². The third-order valence-electron chi connectivity index (χ3n) is 3.03. The molecule has 0 radical (unpaired) electrons. The molecule has 0 unspecified atom stereocenters. The average molecular weight is 291 g/mol. The van der Waals surface area contributed by atoms with Gasteiger partial charge in [0.2, 0.25) is 0 Å². The van der Waals surface area contributed by atoms with Gasteiger partial charge in [-0.2, -0.15) is 0 Å². The maximum absolute atomic E-state index is 11.6. The van der Waals surface area contributed by atoms with Crippen LogP contribution in [0.3, 0.4) is 0 Å². The van der Waals surface area contributed by atoms with Gasteiger partial charge in [0.05, 0.1) is 24.9 Å². The van der Waals surface area contributed by atoms with Gasteiger partial charge in [0.15, 0.2) is 0 Å². The minimum absolute atomic E-state index is 0.314. The predicted molar refractivity (Wildman–Crippen MR) is 81.0 cm³/mol. The van der Waals surface area contributed by atoms with Gasteiger partial charge in [0.1, 0.15) is 5.82 Å². The molecule has 0 bridgehead atoms. The smallest absolute Gasteiger partial charge is 0.340 e. The summed E-state index contributed by atoms with van der Waals surface area (Å²) >= 11 is 1.69. The fraction of sp³-hybridized carbons (Fsp3) is 0.286. The Morgan fingerprint density at radius 2 is 2.30 bits per heavy atom. The number of anilines is 2. The van der Waals surface area contributed by atoms with Gasteiger partial charge in [-0.05, 0) is 29.5 Å². The first-order valence-electron chi connectivity index (χ1n) is 6.29. The number of esters is 1. The highest BCUT2D eigenvalue weighted by Crippen LogP contribution is 2.23. The van der Waals surface area contributed by atoms with E-state index in [9.17, 15) is 4.79 Å². The lowest BCUT2D eigenvalue weighted by Crippen LogP contribution is -2.10. The van der Waals surface area contributed by atoms with Crippen molar-refractivity contribution in [3.05, 3.63) is 39.7 Å². The number of thiophene rings is 1. The van der Waals surface area contributed by atoms with Crippen LogP contribution in [0.2, 0.25) is 0 Å². The van der Waals surface area contributed by atoms with E-state index < -0.39 is 5.97 Å². The Balaban J connectivity index is 2.16. The number of rotatable bonds is 5. The van der Waals surface area contributed by atoms with Gasteiger partial charge in [0, 0.05) is 11.1 Å². The van der Waals surface area contributed by atoms with Gasteiger partial charge in [-0.3, -0.25) is 0 Å². The van der Waals surface area contributed by atoms with E-state index in [2.05, 4.69) is 33.4 Å². The second kappa shape index (κ2) is 6.38. The number of aryl methyl sites for hydroxylation is 1. The minimum atomic E-state index is -0.460. The van der Waals surface area contributed by atoms with E-state index in [1.165, 1.54) is 17.6 Å². The Kier molecular flexibility index (Phi) is 4.57. The summed E-state index contributed by atoms with van der Waals surface area (Å²) in [6, 6.07) is 3.66. The number of nitrogen functional groups attached to an aromatic ring is 1. The van der Waals surface area contributed by atoms with Crippen molar-refractivity contribution in [2.75, 3.05) is 18.2 Å². The second-order valence-electron chi connectivity index (χ2n) is 4.19. The topological polar surface area (TPSA) is 77.2 Å². The van der Waals surface area contributed by atoms with Crippen molar-refractivity contribution >= 4 is 28.8 Å². The Morgan fingerprint density at radius 1 is 1.50 bits per heavy atom. The van der Waals surface area contributed by atoms with Gasteiger partial charge in [-0.15, -0.1) is 11.3 Å². The first-order valence-corrected chi connectivity index (χ1v) is 7.17. The second-order valence-corrected chi connectivity index (χ2v) is 5.19. The van der Waals surface area contributed by atoms with E-state index in [1.54, 1.807) is 23.6 Å². The van der Waals surface area contributed by atoms with Crippen LogP contribution in [-0.4, -0.2) is 18.1 Å². The Bertz CT molecular complexity index is 610. The lowest BCUT2D eigenvalue weighted by molar-refractivity contribution is 0.0602. The van der Waals surface area contributed by atoms with Crippen molar-refractivity contribution in [1.29, 1.82) is 0 Å². The number of nitrogens with zero attached hydrogens (tertiary/aromatic N) is 1. The maximum Gasteiger partial charge on any atom is 0.340 e. The van der Waals surface area contributed by atoms with Gasteiger partial charge < -0.3 is 15.8 Å². The zero-order valence-corrected chi connectivity index (χ0v) is 12.3. The van der Waals surface area contributed by atoms with Crippen LogP contribution in [0.25, 0.3) is 0 Å². The molecule has 0 saturated heterocycles. The molecule has 5 nitrogen and oxygen atoms in total. The molecule has 2 aromatic rings. The molecule has 0 aliphatic rings. The largest absolute Gasteiger partial charge is 0.465 e. The van der Waals surface area contributed by atoms with Crippen molar-refractivity contribution in [3.8, 4) is 0 Å². The molecule has 20 heavy (non-hydrogen) atoms. The predicted octanol–water partition coefficient (Wildman–Crippen LogP) is 2.69. The van der Waals surface area contributed by atoms with E-state index in [-0.39, 0.29) is 0 Å². The summed E-state index contributed by atoms with van der Waals surface area (Å²) in [6.45, 7) is 2.76. The molecule has 2 aromatic heterocycles. The van der Waals surface area contributed by atoms with Crippen LogP contribution in [0.15, 0.2) is 23.7 Å². The van der Waals surface area contributed by atoms with Crippen molar-refractivity contribution in [1.82, 2.24) is 4.98 Å². The van der Waals surface area contributed by atoms with Crippen LogP contribution in [0, 0.1) is 0 Å². The molecular formula is C14H17N3O2S. The van der Waals surface area contributed by atoms with Crippen LogP contribution in [0.5, 0.6) is 0 Å². The van der Waals surface area contributed by atoms with Crippen LogP contribution < -0.4 is 11.1 Å². The van der Waals surface area contributed by atoms with Crippen LogP contribution >= 0.6 is 11.3 Å².